The van der Waals surface area contributed by atoms with E-state index in [1.165, 1.54) is 72.3 Å². The molecule has 2 nitrogen and oxygen atoms in total. The summed E-state index contributed by atoms with van der Waals surface area (Å²) in [6.45, 7) is 7.14. The summed E-state index contributed by atoms with van der Waals surface area (Å²) in [6.07, 6.45) is 5.96. The highest BCUT2D eigenvalue weighted by atomic mass is 15.2. The maximum absolute atomic E-state index is 2.56. The number of allylic oxidation sites excluding steroid dienone is 2. The Balaban J connectivity index is 1.12. The van der Waals surface area contributed by atoms with Gasteiger partial charge in [-0.2, -0.15) is 0 Å². The van der Waals surface area contributed by atoms with Crippen molar-refractivity contribution in [3.05, 3.63) is 181 Å². The van der Waals surface area contributed by atoms with E-state index in [9.17, 15) is 0 Å². The van der Waals surface area contributed by atoms with Crippen molar-refractivity contribution in [2.75, 3.05) is 4.90 Å². The van der Waals surface area contributed by atoms with Gasteiger partial charge in [0.15, 0.2) is 0 Å². The molecule has 0 amide bonds. The first-order valence-corrected chi connectivity index (χ1v) is 17.0. The molecule has 0 spiro atoms. The molecule has 2 aliphatic carbocycles. The fraction of sp³-hybridized carbons (Fsp3) is 0.130. The Hall–Kier alpha value is -5.60. The lowest BCUT2D eigenvalue weighted by Crippen LogP contribution is -2.43. The molecule has 0 saturated heterocycles. The molecular formula is C46H38N2. The minimum absolute atomic E-state index is 0.0431. The van der Waals surface area contributed by atoms with E-state index in [0.29, 0.717) is 0 Å². The Bertz CT molecular complexity index is 2390. The van der Waals surface area contributed by atoms with Crippen molar-refractivity contribution in [1.29, 1.82) is 0 Å². The van der Waals surface area contributed by atoms with Gasteiger partial charge in [0, 0.05) is 33.2 Å². The average Bonchev–Trinajstić information content (AvgIpc) is 3.57. The largest absolute Gasteiger partial charge is 0.332 e. The molecule has 9 rings (SSSR count). The molecule has 6 aromatic carbocycles. The zero-order valence-electron chi connectivity index (χ0n) is 27.7. The molecule has 2 aliphatic rings. The SMILES string of the molecule is CC1(C)C2=C[C@@](C)(N(c3ccccc3)c3ccc(-c4ccc5c(c4)c4ccccc4n5-c4ccccc4)cc3)CC=C2c2ccccc21. The highest BCUT2D eigenvalue weighted by Gasteiger charge is 2.43. The number of benzene rings is 6. The van der Waals surface area contributed by atoms with Crippen molar-refractivity contribution in [2.45, 2.75) is 38.1 Å². The van der Waals surface area contributed by atoms with Crippen LogP contribution in [-0.2, 0) is 5.41 Å². The highest BCUT2D eigenvalue weighted by Crippen LogP contribution is 2.54. The van der Waals surface area contributed by atoms with Crippen molar-refractivity contribution in [2.24, 2.45) is 0 Å². The lowest BCUT2D eigenvalue weighted by atomic mass is 9.76. The second-order valence-electron chi connectivity index (χ2n) is 14.0. The summed E-state index contributed by atoms with van der Waals surface area (Å²) < 4.78 is 2.37. The average molecular weight is 619 g/mol. The van der Waals surface area contributed by atoms with Crippen LogP contribution in [0.5, 0.6) is 0 Å². The van der Waals surface area contributed by atoms with E-state index in [4.69, 9.17) is 0 Å². The van der Waals surface area contributed by atoms with Gasteiger partial charge in [-0.15, -0.1) is 0 Å². The van der Waals surface area contributed by atoms with Crippen LogP contribution in [0, 0.1) is 0 Å². The van der Waals surface area contributed by atoms with E-state index >= 15 is 0 Å². The first-order valence-electron chi connectivity index (χ1n) is 17.0. The fourth-order valence-corrected chi connectivity index (χ4v) is 8.33. The first-order chi connectivity index (χ1) is 23.4. The molecule has 1 heterocycles. The minimum atomic E-state index is -0.237. The quantitative estimate of drug-likeness (QED) is 0.186. The van der Waals surface area contributed by atoms with Crippen LogP contribution >= 0.6 is 0 Å². The molecule has 48 heavy (non-hydrogen) atoms. The Morgan fingerprint density at radius 2 is 1.19 bits per heavy atom. The number of aromatic nitrogens is 1. The highest BCUT2D eigenvalue weighted by molar-refractivity contribution is 6.10. The lowest BCUT2D eigenvalue weighted by molar-refractivity contribution is 0.550. The van der Waals surface area contributed by atoms with E-state index in [1.807, 2.05) is 0 Å². The number of hydrogen-bond donors (Lipinski definition) is 0. The van der Waals surface area contributed by atoms with Crippen LogP contribution < -0.4 is 4.90 Å². The monoisotopic (exact) mass is 618 g/mol. The van der Waals surface area contributed by atoms with Crippen LogP contribution in [0.25, 0.3) is 44.2 Å². The van der Waals surface area contributed by atoms with Gasteiger partial charge in [0.25, 0.3) is 0 Å². The van der Waals surface area contributed by atoms with E-state index in [1.54, 1.807) is 0 Å². The Labute approximate surface area is 282 Å². The second kappa shape index (κ2) is 10.7. The molecule has 7 aromatic rings. The number of nitrogens with zero attached hydrogens (tertiary/aromatic N) is 2. The number of rotatable bonds is 5. The zero-order chi connectivity index (χ0) is 32.5. The molecule has 1 atom stereocenters. The van der Waals surface area contributed by atoms with Crippen LogP contribution in [0.15, 0.2) is 169 Å². The van der Waals surface area contributed by atoms with Gasteiger partial charge in [0.1, 0.15) is 0 Å². The maximum Gasteiger partial charge on any atom is 0.0646 e. The molecule has 0 aliphatic heterocycles. The molecule has 0 N–H and O–H groups in total. The summed E-state index contributed by atoms with van der Waals surface area (Å²) >= 11 is 0. The molecule has 2 heteroatoms. The summed E-state index contributed by atoms with van der Waals surface area (Å²) in [4.78, 5) is 2.53. The zero-order valence-corrected chi connectivity index (χ0v) is 27.7. The van der Waals surface area contributed by atoms with E-state index in [-0.39, 0.29) is 11.0 Å². The molecule has 0 bridgehead atoms. The van der Waals surface area contributed by atoms with Gasteiger partial charge < -0.3 is 9.47 Å². The normalized spacial score (nSPS) is 17.9. The van der Waals surface area contributed by atoms with Crippen molar-refractivity contribution in [3.63, 3.8) is 0 Å². The predicted octanol–water partition coefficient (Wildman–Crippen LogP) is 12.1. The van der Waals surface area contributed by atoms with Gasteiger partial charge in [0.05, 0.1) is 16.6 Å². The number of anilines is 2. The molecule has 232 valence electrons. The maximum atomic E-state index is 2.56. The third-order valence-corrected chi connectivity index (χ3v) is 10.7. The third-order valence-electron chi connectivity index (χ3n) is 10.7. The van der Waals surface area contributed by atoms with Gasteiger partial charge in [-0.1, -0.05) is 123 Å². The van der Waals surface area contributed by atoms with E-state index in [0.717, 1.165) is 6.42 Å². The van der Waals surface area contributed by atoms with Crippen molar-refractivity contribution >= 4 is 38.8 Å². The summed E-state index contributed by atoms with van der Waals surface area (Å²) in [5.74, 6) is 0. The van der Waals surface area contributed by atoms with Gasteiger partial charge in [-0.05, 0) is 101 Å². The van der Waals surface area contributed by atoms with E-state index < -0.39 is 0 Å². The van der Waals surface area contributed by atoms with Crippen molar-refractivity contribution < 1.29 is 0 Å². The van der Waals surface area contributed by atoms with Crippen LogP contribution in [0.2, 0.25) is 0 Å². The summed E-state index contributed by atoms with van der Waals surface area (Å²) in [6, 6.07) is 55.3. The first kappa shape index (κ1) is 28.6. The van der Waals surface area contributed by atoms with Gasteiger partial charge in [-0.3, -0.25) is 0 Å². The van der Waals surface area contributed by atoms with E-state index in [2.05, 4.69) is 194 Å². The second-order valence-corrected chi connectivity index (χ2v) is 14.0. The molecule has 0 fully saturated rings. The number of fused-ring (bicyclic) bond motifs is 6. The summed E-state index contributed by atoms with van der Waals surface area (Å²) in [5.41, 5.74) is 13.8. The Morgan fingerprint density at radius 1 is 0.562 bits per heavy atom. The predicted molar refractivity (Wildman–Crippen MR) is 203 cm³/mol. The Morgan fingerprint density at radius 3 is 1.98 bits per heavy atom. The van der Waals surface area contributed by atoms with Crippen LogP contribution in [0.4, 0.5) is 11.4 Å². The fourth-order valence-electron chi connectivity index (χ4n) is 8.33. The van der Waals surface area contributed by atoms with Crippen LogP contribution in [0.1, 0.15) is 38.3 Å². The van der Waals surface area contributed by atoms with Crippen LogP contribution in [0.3, 0.4) is 0 Å². The summed E-state index contributed by atoms with van der Waals surface area (Å²) in [7, 11) is 0. The van der Waals surface area contributed by atoms with Crippen LogP contribution in [-0.4, -0.2) is 10.1 Å². The van der Waals surface area contributed by atoms with Crippen molar-refractivity contribution in [3.8, 4) is 16.8 Å². The standard InChI is InChI=1S/C46H38N2/c1-45(2)41-20-12-10-18-37(41)38-28-29-46(3,31-42(38)45)48(35-16-8-5-9-17-35)36-25-22-32(23-26-36)33-24-27-44-40(30-33)39-19-11-13-21-43(39)47(44)34-14-6-4-7-15-34/h4-28,30-31H,29H2,1-3H3/t46-/m0/s1. The smallest absolute Gasteiger partial charge is 0.0646 e. The van der Waals surface area contributed by atoms with Gasteiger partial charge >= 0.3 is 0 Å². The number of hydrogen-bond acceptors (Lipinski definition) is 1. The molecular weight excluding hydrogens is 581 g/mol. The molecule has 0 radical (unpaired) electrons. The molecule has 0 saturated carbocycles. The van der Waals surface area contributed by atoms with Gasteiger partial charge in [-0.25, -0.2) is 0 Å². The molecule has 1 aromatic heterocycles. The topological polar surface area (TPSA) is 8.17 Å². The Kier molecular flexibility index (Phi) is 6.39. The number of para-hydroxylation sites is 3. The third kappa shape index (κ3) is 4.33. The minimum Gasteiger partial charge on any atom is -0.332 e. The van der Waals surface area contributed by atoms with Crippen molar-refractivity contribution in [1.82, 2.24) is 4.57 Å². The van der Waals surface area contributed by atoms with Gasteiger partial charge in [0.2, 0.25) is 0 Å². The molecule has 0 unspecified atom stereocenters. The lowest BCUT2D eigenvalue weighted by Gasteiger charge is -2.44. The summed E-state index contributed by atoms with van der Waals surface area (Å²) in [5, 5.41) is 2.54.